The molecule has 2 aromatic heterocycles. The van der Waals surface area contributed by atoms with Crippen molar-refractivity contribution in [1.82, 2.24) is 0 Å². The maximum Gasteiger partial charge on any atom is 0.143 e. The molecular weight excluding hydrogens is 574 g/mol. The van der Waals surface area contributed by atoms with Crippen molar-refractivity contribution in [2.45, 2.75) is 0 Å². The molecule has 0 radical (unpaired) electrons. The minimum absolute atomic E-state index is 0.857. The van der Waals surface area contributed by atoms with Crippen molar-refractivity contribution < 1.29 is 8.83 Å². The van der Waals surface area contributed by atoms with Gasteiger partial charge < -0.3 is 13.7 Å². The van der Waals surface area contributed by atoms with Crippen LogP contribution in [0.25, 0.3) is 76.5 Å². The first-order valence-electron chi connectivity index (χ1n) is 15.9. The molecular formula is C44H27NO2. The van der Waals surface area contributed by atoms with E-state index in [9.17, 15) is 0 Å². The van der Waals surface area contributed by atoms with E-state index in [-0.39, 0.29) is 0 Å². The molecule has 10 aromatic rings. The van der Waals surface area contributed by atoms with Crippen LogP contribution in [0.3, 0.4) is 0 Å². The molecule has 0 bridgehead atoms. The Hall–Kier alpha value is -6.32. The zero-order valence-corrected chi connectivity index (χ0v) is 25.4. The second kappa shape index (κ2) is 10.1. The Bertz CT molecular complexity index is 2800. The van der Waals surface area contributed by atoms with Crippen LogP contribution < -0.4 is 4.90 Å². The Morgan fingerprint density at radius 2 is 1.04 bits per heavy atom. The molecule has 0 aliphatic heterocycles. The maximum atomic E-state index is 6.64. The van der Waals surface area contributed by atoms with Gasteiger partial charge in [-0.05, 0) is 75.8 Å². The highest BCUT2D eigenvalue weighted by Crippen LogP contribution is 2.45. The molecule has 2 heterocycles. The van der Waals surface area contributed by atoms with E-state index in [1.807, 2.05) is 18.2 Å². The summed E-state index contributed by atoms with van der Waals surface area (Å²) in [7, 11) is 0. The first-order chi connectivity index (χ1) is 23.3. The number of nitrogens with zero attached hydrogens (tertiary/aromatic N) is 1. The summed E-state index contributed by atoms with van der Waals surface area (Å²) in [5.41, 5.74) is 9.02. The second-order valence-corrected chi connectivity index (χ2v) is 12.1. The third-order valence-corrected chi connectivity index (χ3v) is 9.45. The van der Waals surface area contributed by atoms with Gasteiger partial charge in [-0.3, -0.25) is 0 Å². The van der Waals surface area contributed by atoms with Crippen molar-refractivity contribution in [2.24, 2.45) is 0 Å². The third kappa shape index (κ3) is 4.00. The number of fused-ring (bicyclic) bond motifs is 9. The summed E-state index contributed by atoms with van der Waals surface area (Å²) in [5, 5.41) is 9.18. The van der Waals surface area contributed by atoms with Gasteiger partial charge in [0.05, 0.1) is 11.1 Å². The Kier molecular flexibility index (Phi) is 5.57. The molecule has 3 heteroatoms. The van der Waals surface area contributed by atoms with Crippen molar-refractivity contribution in [1.29, 1.82) is 0 Å². The van der Waals surface area contributed by atoms with Gasteiger partial charge in [-0.15, -0.1) is 0 Å². The van der Waals surface area contributed by atoms with Crippen LogP contribution in [0.2, 0.25) is 0 Å². The summed E-state index contributed by atoms with van der Waals surface area (Å²) in [6.45, 7) is 0. The Morgan fingerprint density at radius 3 is 1.91 bits per heavy atom. The predicted molar refractivity (Wildman–Crippen MR) is 196 cm³/mol. The summed E-state index contributed by atoms with van der Waals surface area (Å²) < 4.78 is 13.0. The lowest BCUT2D eigenvalue weighted by Gasteiger charge is -2.26. The summed E-state index contributed by atoms with van der Waals surface area (Å²) in [5.74, 6) is 0. The van der Waals surface area contributed by atoms with Crippen molar-refractivity contribution >= 4 is 82.5 Å². The topological polar surface area (TPSA) is 29.5 Å². The van der Waals surface area contributed by atoms with E-state index in [1.165, 1.54) is 27.3 Å². The Balaban J connectivity index is 1.20. The fraction of sp³-hybridized carbons (Fsp3) is 0. The van der Waals surface area contributed by atoms with E-state index < -0.39 is 0 Å². The van der Waals surface area contributed by atoms with Crippen LogP contribution in [0.4, 0.5) is 17.1 Å². The van der Waals surface area contributed by atoms with E-state index in [0.29, 0.717) is 0 Å². The fourth-order valence-electron chi connectivity index (χ4n) is 7.27. The largest absolute Gasteiger partial charge is 0.456 e. The molecule has 8 aromatic carbocycles. The SMILES string of the molecule is c1ccc2c(-c3ccc(N(c4ccc5c(c4)oc4c6ccccc6ccc54)c4cccc5oc6ccccc6c45)cc3)cccc2c1. The summed E-state index contributed by atoms with van der Waals surface area (Å²) in [6.07, 6.45) is 0. The minimum Gasteiger partial charge on any atom is -0.456 e. The van der Waals surface area contributed by atoms with E-state index >= 15 is 0 Å². The molecule has 0 spiro atoms. The normalized spacial score (nSPS) is 11.8. The van der Waals surface area contributed by atoms with Crippen LogP contribution in [-0.2, 0) is 0 Å². The maximum absolute atomic E-state index is 6.64. The average Bonchev–Trinajstić information content (AvgIpc) is 3.71. The highest BCUT2D eigenvalue weighted by atomic mass is 16.3. The molecule has 220 valence electrons. The monoisotopic (exact) mass is 601 g/mol. The minimum atomic E-state index is 0.857. The van der Waals surface area contributed by atoms with E-state index in [1.54, 1.807) is 0 Å². The number of anilines is 3. The lowest BCUT2D eigenvalue weighted by molar-refractivity contribution is 0.669. The molecule has 0 N–H and O–H groups in total. The molecule has 0 unspecified atom stereocenters. The zero-order valence-electron chi connectivity index (χ0n) is 25.4. The Morgan fingerprint density at radius 1 is 0.383 bits per heavy atom. The van der Waals surface area contributed by atoms with E-state index in [0.717, 1.165) is 66.3 Å². The molecule has 0 saturated heterocycles. The van der Waals surface area contributed by atoms with Crippen molar-refractivity contribution in [3.8, 4) is 11.1 Å². The van der Waals surface area contributed by atoms with Gasteiger partial charge in [0.2, 0.25) is 0 Å². The van der Waals surface area contributed by atoms with Crippen molar-refractivity contribution in [3.63, 3.8) is 0 Å². The average molecular weight is 602 g/mol. The first kappa shape index (κ1) is 26.0. The van der Waals surface area contributed by atoms with Crippen LogP contribution in [0.1, 0.15) is 0 Å². The molecule has 0 fully saturated rings. The van der Waals surface area contributed by atoms with Gasteiger partial charge in [0.15, 0.2) is 0 Å². The van der Waals surface area contributed by atoms with Gasteiger partial charge in [-0.25, -0.2) is 0 Å². The van der Waals surface area contributed by atoms with Gasteiger partial charge in [-0.1, -0.05) is 109 Å². The predicted octanol–water partition coefficient (Wildman–Crippen LogP) is 12.9. The Labute approximate surface area is 270 Å². The van der Waals surface area contributed by atoms with Crippen molar-refractivity contribution in [3.05, 3.63) is 164 Å². The molecule has 47 heavy (non-hydrogen) atoms. The van der Waals surface area contributed by atoms with Crippen LogP contribution in [0.5, 0.6) is 0 Å². The number of benzene rings is 8. The van der Waals surface area contributed by atoms with Crippen LogP contribution >= 0.6 is 0 Å². The number of hydrogen-bond donors (Lipinski definition) is 0. The van der Waals surface area contributed by atoms with Gasteiger partial charge in [-0.2, -0.15) is 0 Å². The summed E-state index contributed by atoms with van der Waals surface area (Å²) >= 11 is 0. The van der Waals surface area contributed by atoms with Crippen LogP contribution in [0.15, 0.2) is 173 Å². The second-order valence-electron chi connectivity index (χ2n) is 12.1. The first-order valence-corrected chi connectivity index (χ1v) is 15.9. The highest BCUT2D eigenvalue weighted by Gasteiger charge is 2.21. The lowest BCUT2D eigenvalue weighted by Crippen LogP contribution is -2.10. The number of rotatable bonds is 4. The van der Waals surface area contributed by atoms with Crippen LogP contribution in [-0.4, -0.2) is 0 Å². The quantitative estimate of drug-likeness (QED) is 0.201. The molecule has 0 saturated carbocycles. The van der Waals surface area contributed by atoms with E-state index in [4.69, 9.17) is 8.83 Å². The number of hydrogen-bond acceptors (Lipinski definition) is 3. The zero-order chi connectivity index (χ0) is 30.9. The summed E-state index contributed by atoms with van der Waals surface area (Å²) in [6, 6.07) is 57.8. The molecule has 0 atom stereocenters. The number of para-hydroxylation sites is 1. The van der Waals surface area contributed by atoms with Gasteiger partial charge in [0.25, 0.3) is 0 Å². The third-order valence-electron chi connectivity index (χ3n) is 9.45. The van der Waals surface area contributed by atoms with Crippen molar-refractivity contribution in [2.75, 3.05) is 4.90 Å². The standard InChI is InChI=1S/C44H27NO2/c1-3-12-33-28(9-1)11-7-15-34(33)30-19-22-31(23-20-30)45(39-16-8-18-41-43(39)38-14-5-6-17-40(38)46-41)32-24-26-36-37-25-21-29-10-2-4-13-35(29)44(37)47-42(36)27-32/h1-27H. The van der Waals surface area contributed by atoms with Crippen LogP contribution in [0, 0.1) is 0 Å². The fourth-order valence-corrected chi connectivity index (χ4v) is 7.27. The molecule has 0 aliphatic carbocycles. The van der Waals surface area contributed by atoms with Gasteiger partial charge >= 0.3 is 0 Å². The van der Waals surface area contributed by atoms with Gasteiger partial charge in [0.1, 0.15) is 22.3 Å². The highest BCUT2D eigenvalue weighted by molar-refractivity contribution is 6.16. The summed E-state index contributed by atoms with van der Waals surface area (Å²) in [4.78, 5) is 2.32. The smallest absolute Gasteiger partial charge is 0.143 e. The van der Waals surface area contributed by atoms with Gasteiger partial charge in [0, 0.05) is 39.0 Å². The molecule has 0 aliphatic rings. The number of furan rings is 2. The molecule has 10 rings (SSSR count). The lowest BCUT2D eigenvalue weighted by atomic mass is 9.98. The molecule has 3 nitrogen and oxygen atoms in total. The van der Waals surface area contributed by atoms with E-state index in [2.05, 4.69) is 150 Å². The molecule has 0 amide bonds.